The lowest BCUT2D eigenvalue weighted by Crippen LogP contribution is -2.23. The lowest BCUT2D eigenvalue weighted by molar-refractivity contribution is -0.134. The molecule has 0 heterocycles. The van der Waals surface area contributed by atoms with E-state index in [2.05, 4.69) is 17.0 Å². The van der Waals surface area contributed by atoms with E-state index >= 15 is 0 Å². The van der Waals surface area contributed by atoms with Gasteiger partial charge in [-0.3, -0.25) is 0 Å². The van der Waals surface area contributed by atoms with Crippen molar-refractivity contribution < 1.29 is 9.53 Å². The maximum absolute atomic E-state index is 10.3. The summed E-state index contributed by atoms with van der Waals surface area (Å²) in [5, 5.41) is 0. The van der Waals surface area contributed by atoms with Crippen molar-refractivity contribution in [2.24, 2.45) is 5.73 Å². The van der Waals surface area contributed by atoms with E-state index in [4.69, 9.17) is 5.73 Å². The second-order valence-electron chi connectivity index (χ2n) is 1.08. The van der Waals surface area contributed by atoms with Crippen LogP contribution in [0.4, 0.5) is 0 Å². The summed E-state index contributed by atoms with van der Waals surface area (Å²) in [5.41, 5.74) is 4.88. The van der Waals surface area contributed by atoms with Crippen molar-refractivity contribution in [2.45, 2.75) is 20.8 Å². The lowest BCUT2D eigenvalue weighted by Gasteiger charge is -1.95. The molecule has 0 saturated carbocycles. The molecule has 0 amide bonds. The van der Waals surface area contributed by atoms with Crippen molar-refractivity contribution in [1.82, 2.24) is 0 Å². The molecule has 0 aromatic rings. The molecule has 0 atom stereocenters. The van der Waals surface area contributed by atoms with Crippen LogP contribution in [0, 0.1) is 0 Å². The number of rotatable bonds is 1. The fourth-order valence-corrected chi connectivity index (χ4v) is 0.261. The molecular formula is C6H13NO2S. The highest BCUT2D eigenvalue weighted by Gasteiger charge is 2.01. The summed E-state index contributed by atoms with van der Waals surface area (Å²) in [6.07, 6.45) is 0. The van der Waals surface area contributed by atoms with Gasteiger partial charge in [0.15, 0.2) is 4.99 Å². The van der Waals surface area contributed by atoms with E-state index in [1.807, 2.05) is 13.8 Å². The first-order valence-electron chi connectivity index (χ1n) is 3.15. The predicted octanol–water partition coefficient (Wildman–Crippen LogP) is 0.862. The molecule has 0 spiro atoms. The van der Waals surface area contributed by atoms with Gasteiger partial charge in [-0.15, -0.1) is 0 Å². The molecule has 2 N–H and O–H groups in total. The molecule has 10 heavy (non-hydrogen) atoms. The molecule has 0 aromatic heterocycles. The molecule has 0 aliphatic carbocycles. The molecular weight excluding hydrogens is 150 g/mol. The minimum absolute atomic E-state index is 0.216. The highest BCUT2D eigenvalue weighted by molar-refractivity contribution is 7.81. The average Bonchev–Trinajstić information content (AvgIpc) is 1.93. The molecule has 0 aromatic carbocycles. The predicted molar refractivity (Wildman–Crippen MR) is 44.8 cm³/mol. The standard InChI is InChI=1S/C4H7NO2S.C2H6/c1-2-7-4(6)3(5)8;1-2/h2H2,1H3,(H2,5,8);1-2H3. The maximum atomic E-state index is 10.3. The van der Waals surface area contributed by atoms with E-state index in [9.17, 15) is 4.79 Å². The van der Waals surface area contributed by atoms with Crippen LogP contribution in [0.15, 0.2) is 0 Å². The van der Waals surface area contributed by atoms with E-state index < -0.39 is 5.97 Å². The quantitative estimate of drug-likeness (QED) is 0.460. The minimum Gasteiger partial charge on any atom is -0.461 e. The van der Waals surface area contributed by atoms with Gasteiger partial charge in [0.1, 0.15) is 0 Å². The number of carbonyl (C=O) groups is 1. The van der Waals surface area contributed by atoms with Gasteiger partial charge in [-0.1, -0.05) is 26.1 Å². The van der Waals surface area contributed by atoms with Gasteiger partial charge in [0.2, 0.25) is 0 Å². The first-order valence-corrected chi connectivity index (χ1v) is 3.56. The summed E-state index contributed by atoms with van der Waals surface area (Å²) in [6.45, 7) is 6.01. The van der Waals surface area contributed by atoms with Crippen LogP contribution in [-0.2, 0) is 9.53 Å². The highest BCUT2D eigenvalue weighted by Crippen LogP contribution is 1.75. The van der Waals surface area contributed by atoms with E-state index in [0.29, 0.717) is 6.61 Å². The van der Waals surface area contributed by atoms with Crippen LogP contribution in [0.5, 0.6) is 0 Å². The van der Waals surface area contributed by atoms with Crippen LogP contribution >= 0.6 is 12.2 Å². The first kappa shape index (κ1) is 12.1. The van der Waals surface area contributed by atoms with Gasteiger partial charge in [-0.25, -0.2) is 4.79 Å². The number of hydrogen-bond acceptors (Lipinski definition) is 3. The van der Waals surface area contributed by atoms with Gasteiger partial charge in [0.25, 0.3) is 0 Å². The summed E-state index contributed by atoms with van der Waals surface area (Å²) in [5.74, 6) is -0.609. The van der Waals surface area contributed by atoms with Gasteiger partial charge < -0.3 is 10.5 Å². The van der Waals surface area contributed by atoms with Crippen molar-refractivity contribution in [3.05, 3.63) is 0 Å². The van der Waals surface area contributed by atoms with Crippen molar-refractivity contribution in [3.8, 4) is 0 Å². The number of nitrogens with two attached hydrogens (primary N) is 1. The zero-order chi connectivity index (χ0) is 8.57. The molecule has 3 nitrogen and oxygen atoms in total. The molecule has 0 rings (SSSR count). The number of ether oxygens (including phenoxy) is 1. The van der Waals surface area contributed by atoms with Crippen molar-refractivity contribution in [1.29, 1.82) is 0 Å². The lowest BCUT2D eigenvalue weighted by atomic mass is 10.7. The summed E-state index contributed by atoms with van der Waals surface area (Å²) >= 11 is 4.29. The normalized spacial score (nSPS) is 7.10. The van der Waals surface area contributed by atoms with Gasteiger partial charge >= 0.3 is 5.97 Å². The Bertz CT molecular complexity index is 114. The average molecular weight is 163 g/mol. The molecule has 0 fully saturated rings. The Hall–Kier alpha value is -0.640. The number of thiocarbonyl (C=S) groups is 1. The molecule has 0 aliphatic heterocycles. The fourth-order valence-electron chi connectivity index (χ4n) is 0.202. The van der Waals surface area contributed by atoms with Crippen LogP contribution in [0.25, 0.3) is 0 Å². The van der Waals surface area contributed by atoms with Crippen molar-refractivity contribution >= 4 is 23.2 Å². The van der Waals surface area contributed by atoms with Crippen LogP contribution in [-0.4, -0.2) is 17.6 Å². The molecule has 0 unspecified atom stereocenters. The van der Waals surface area contributed by atoms with E-state index in [-0.39, 0.29) is 4.99 Å². The summed E-state index contributed by atoms with van der Waals surface area (Å²) in [7, 11) is 0. The van der Waals surface area contributed by atoms with E-state index in [1.165, 1.54) is 0 Å². The van der Waals surface area contributed by atoms with Crippen LogP contribution in [0.3, 0.4) is 0 Å². The maximum Gasteiger partial charge on any atom is 0.365 e. The van der Waals surface area contributed by atoms with Crippen molar-refractivity contribution in [3.63, 3.8) is 0 Å². The SMILES string of the molecule is CC.CCOC(=O)C(N)=S. The van der Waals surface area contributed by atoms with Crippen LogP contribution < -0.4 is 5.73 Å². The Balaban J connectivity index is 0. The molecule has 60 valence electrons. The second kappa shape index (κ2) is 8.36. The van der Waals surface area contributed by atoms with E-state index in [1.54, 1.807) is 6.92 Å². The zero-order valence-corrected chi connectivity index (χ0v) is 7.33. The Labute approximate surface area is 66.5 Å². The Kier molecular flexibility index (Phi) is 10.1. The van der Waals surface area contributed by atoms with Gasteiger partial charge in [0, 0.05) is 0 Å². The summed E-state index contributed by atoms with van der Waals surface area (Å²) in [4.78, 5) is 10.0. The smallest absolute Gasteiger partial charge is 0.365 e. The van der Waals surface area contributed by atoms with Crippen molar-refractivity contribution in [2.75, 3.05) is 6.61 Å². The van der Waals surface area contributed by atoms with Gasteiger partial charge in [0.05, 0.1) is 6.61 Å². The Morgan fingerprint density at radius 2 is 2.00 bits per heavy atom. The summed E-state index contributed by atoms with van der Waals surface area (Å²) in [6, 6.07) is 0. The largest absolute Gasteiger partial charge is 0.461 e. The third-order valence-corrected chi connectivity index (χ3v) is 0.643. The third-order valence-electron chi connectivity index (χ3n) is 0.477. The Morgan fingerprint density at radius 1 is 1.60 bits per heavy atom. The zero-order valence-electron chi connectivity index (χ0n) is 6.51. The molecule has 0 saturated heterocycles. The third kappa shape index (κ3) is 7.36. The number of carbonyl (C=O) groups excluding carboxylic acids is 1. The highest BCUT2D eigenvalue weighted by atomic mass is 32.1. The minimum atomic E-state index is -0.609. The van der Waals surface area contributed by atoms with E-state index in [0.717, 1.165) is 0 Å². The number of esters is 1. The second-order valence-corrected chi connectivity index (χ2v) is 1.52. The first-order chi connectivity index (χ1) is 4.68. The van der Waals surface area contributed by atoms with Gasteiger partial charge in [-0.05, 0) is 6.92 Å². The molecule has 0 aliphatic rings. The monoisotopic (exact) mass is 163 g/mol. The fraction of sp³-hybridized carbons (Fsp3) is 0.667. The molecule has 0 radical (unpaired) electrons. The summed E-state index contributed by atoms with van der Waals surface area (Å²) < 4.78 is 4.40. The van der Waals surface area contributed by atoms with Crippen LogP contribution in [0.1, 0.15) is 20.8 Å². The van der Waals surface area contributed by atoms with Gasteiger partial charge in [-0.2, -0.15) is 0 Å². The topological polar surface area (TPSA) is 52.3 Å². The van der Waals surface area contributed by atoms with Crippen LogP contribution in [0.2, 0.25) is 0 Å². The molecule has 4 heteroatoms. The molecule has 0 bridgehead atoms. The Morgan fingerprint density at radius 3 is 2.10 bits per heavy atom. The number of hydrogen-bond donors (Lipinski definition) is 1.